The van der Waals surface area contributed by atoms with E-state index in [1.54, 1.807) is 23.6 Å². The summed E-state index contributed by atoms with van der Waals surface area (Å²) in [6.45, 7) is 2.36. The first-order chi connectivity index (χ1) is 16.4. The van der Waals surface area contributed by atoms with Crippen LogP contribution in [0.5, 0.6) is 5.75 Å². The Hall–Kier alpha value is -2.88. The van der Waals surface area contributed by atoms with Crippen LogP contribution in [0.1, 0.15) is 23.2 Å². The summed E-state index contributed by atoms with van der Waals surface area (Å²) in [6, 6.07) is 12.1. The summed E-state index contributed by atoms with van der Waals surface area (Å²) in [4.78, 5) is 23.0. The van der Waals surface area contributed by atoms with Gasteiger partial charge in [-0.2, -0.15) is 4.98 Å². The van der Waals surface area contributed by atoms with E-state index < -0.39 is 12.1 Å². The number of nitrogens with one attached hydrogen (secondary N) is 4. The Bertz CT molecular complexity index is 1270. The van der Waals surface area contributed by atoms with E-state index in [9.17, 15) is 15.0 Å². The summed E-state index contributed by atoms with van der Waals surface area (Å²) in [5.41, 5.74) is 2.00. The zero-order valence-electron chi connectivity index (χ0n) is 18.9. The molecule has 2 aromatic carbocycles. The molecule has 1 unspecified atom stereocenters. The van der Waals surface area contributed by atoms with E-state index in [1.165, 1.54) is 6.07 Å². The van der Waals surface area contributed by atoms with E-state index in [4.69, 9.17) is 29.2 Å². The molecule has 0 spiro atoms. The molecule has 177 valence electrons. The van der Waals surface area contributed by atoms with Gasteiger partial charge in [0.2, 0.25) is 10.7 Å². The van der Waals surface area contributed by atoms with Gasteiger partial charge in [0, 0.05) is 35.2 Å². The average molecular weight is 506 g/mol. The van der Waals surface area contributed by atoms with Crippen LogP contribution in [0.2, 0.25) is 0 Å². The Labute approximate surface area is 223 Å². The number of hydrogen-bond acceptors (Lipinski definition) is 10. The van der Waals surface area contributed by atoms with Crippen molar-refractivity contribution in [3.63, 3.8) is 0 Å². The van der Waals surface area contributed by atoms with Crippen molar-refractivity contribution in [3.05, 3.63) is 64.1 Å². The number of ether oxygens (including phenoxy) is 1. The Balaban J connectivity index is 0.00000342. The maximum absolute atomic E-state index is 11.6. The van der Waals surface area contributed by atoms with E-state index in [1.807, 2.05) is 24.3 Å². The zero-order chi connectivity index (χ0) is 24.1. The first-order valence-electron chi connectivity index (χ1n) is 10.5. The van der Waals surface area contributed by atoms with Gasteiger partial charge in [0.05, 0.1) is 18.6 Å². The molecular formula is C22H22LiN6O4S2. The standard InChI is InChI=1S/C22H23N6O4S2.Li/c29-15-5-2-8-28(11-15)18-10-16(6-7-17(18)19(30)31)32-12-23-13-3-1-4-14(9-13)24-20-25-21(33)27-22(34)26-20;/h1,3-4,6-7,9-11,15,23,29H,2,5,8,12H2,(H,30,31)(H3,24,25,26,27,33,34);/q;+1/p-1. The van der Waals surface area contributed by atoms with Crippen LogP contribution < -0.4 is 44.2 Å². The molecule has 10 nitrogen and oxygen atoms in total. The normalized spacial score (nSPS) is 15.1. The van der Waals surface area contributed by atoms with Crippen LogP contribution in [-0.4, -0.2) is 45.4 Å². The molecule has 2 heterocycles. The predicted octanol–water partition coefficient (Wildman–Crippen LogP) is -0.121. The molecule has 1 radical (unpaired) electrons. The number of rotatable bonds is 8. The number of nitrogens with zero attached hydrogens (tertiary/aromatic N) is 2. The average Bonchev–Trinajstić information content (AvgIpc) is 2.78. The fourth-order valence-corrected chi connectivity index (χ4v) is 3.99. The summed E-state index contributed by atoms with van der Waals surface area (Å²) in [6.07, 6.45) is 0.773. The molecule has 1 fully saturated rings. The first-order valence-corrected chi connectivity index (χ1v) is 11.3. The second kappa shape index (κ2) is 12.2. The van der Waals surface area contributed by atoms with Gasteiger partial charge in [0.1, 0.15) is 5.75 Å². The largest absolute Gasteiger partial charge is 1.00 e. The third-order valence-corrected chi connectivity index (χ3v) is 5.45. The first kappa shape index (κ1) is 26.7. The third-order valence-electron chi connectivity index (χ3n) is 5.06. The molecule has 1 aromatic heterocycles. The van der Waals surface area contributed by atoms with Gasteiger partial charge in [-0.15, -0.1) is 0 Å². The van der Waals surface area contributed by atoms with Crippen molar-refractivity contribution in [1.29, 1.82) is 0 Å². The van der Waals surface area contributed by atoms with E-state index >= 15 is 0 Å². The van der Waals surface area contributed by atoms with Crippen molar-refractivity contribution in [2.24, 2.45) is 0 Å². The quantitative estimate of drug-likeness (QED) is 0.160. The number of carboxylic acid groups (broad SMARTS) is 1. The number of aliphatic hydroxyl groups excluding tert-OH is 1. The topological polar surface area (TPSA) is 141 Å². The number of piperidine rings is 1. The maximum Gasteiger partial charge on any atom is 1.00 e. The monoisotopic (exact) mass is 505 g/mol. The zero-order valence-corrected chi connectivity index (χ0v) is 20.5. The van der Waals surface area contributed by atoms with E-state index in [-0.39, 0.29) is 35.9 Å². The van der Waals surface area contributed by atoms with Gasteiger partial charge in [-0.25, -0.2) is 0 Å². The van der Waals surface area contributed by atoms with Crippen LogP contribution in [0, 0.1) is 16.1 Å². The van der Waals surface area contributed by atoms with Gasteiger partial charge >= 0.3 is 18.9 Å². The molecule has 4 rings (SSSR count). The minimum Gasteiger partial charge on any atom is -0.545 e. The number of aromatic amines is 2. The second-order valence-corrected chi connectivity index (χ2v) is 8.33. The van der Waals surface area contributed by atoms with Crippen LogP contribution in [0.15, 0.2) is 42.5 Å². The molecule has 3 aromatic rings. The van der Waals surface area contributed by atoms with Crippen molar-refractivity contribution in [2.45, 2.75) is 18.9 Å². The van der Waals surface area contributed by atoms with Gasteiger partial charge in [-0.3, -0.25) is 0 Å². The van der Waals surface area contributed by atoms with Gasteiger partial charge in [0.15, 0.2) is 11.5 Å². The van der Waals surface area contributed by atoms with Crippen LogP contribution in [0.25, 0.3) is 0 Å². The molecule has 0 saturated carbocycles. The molecule has 1 aliphatic rings. The van der Waals surface area contributed by atoms with Crippen LogP contribution >= 0.6 is 24.4 Å². The number of aromatic nitrogens is 3. The Morgan fingerprint density at radius 1 is 1.23 bits per heavy atom. The summed E-state index contributed by atoms with van der Waals surface area (Å²) in [7, 11) is 0. The van der Waals surface area contributed by atoms with Crippen molar-refractivity contribution in [1.82, 2.24) is 15.0 Å². The second-order valence-electron chi connectivity index (χ2n) is 7.53. The summed E-state index contributed by atoms with van der Waals surface area (Å²) < 4.78 is 6.43. The smallest absolute Gasteiger partial charge is 0.545 e. The molecule has 1 saturated heterocycles. The molecule has 0 amide bonds. The number of anilines is 4. The molecule has 0 aliphatic carbocycles. The predicted molar refractivity (Wildman–Crippen MR) is 131 cm³/mol. The fraction of sp³-hybridized carbons (Fsp3) is 0.227. The Morgan fingerprint density at radius 2 is 2.03 bits per heavy atom. The van der Waals surface area contributed by atoms with Gasteiger partial charge in [0.25, 0.3) is 0 Å². The van der Waals surface area contributed by atoms with Crippen LogP contribution in [-0.2, 0) is 0 Å². The van der Waals surface area contributed by atoms with Crippen molar-refractivity contribution in [2.75, 3.05) is 28.8 Å². The Kier molecular flexibility index (Phi) is 9.31. The fourth-order valence-electron chi connectivity index (χ4n) is 3.54. The molecule has 5 N–H and O–H groups in total. The molecular weight excluding hydrogens is 483 g/mol. The SMILES string of the molecule is O=C([O-])c1ccc(OCNc2cccc(Nc3nc(=S)[nH]c(=S)[nH]3)c2)cc1N1[CH]C(O)CCC1.[Li+]. The minimum atomic E-state index is -1.29. The molecule has 35 heavy (non-hydrogen) atoms. The minimum absolute atomic E-state index is 0. The summed E-state index contributed by atoms with van der Waals surface area (Å²) in [5, 5.41) is 27.8. The van der Waals surface area contributed by atoms with Crippen LogP contribution in [0.4, 0.5) is 23.0 Å². The summed E-state index contributed by atoms with van der Waals surface area (Å²) >= 11 is 10.1. The van der Waals surface area contributed by atoms with Crippen LogP contribution in [0.3, 0.4) is 0 Å². The number of hydrogen-bond donors (Lipinski definition) is 5. The number of carbonyl (C=O) groups is 1. The Morgan fingerprint density at radius 3 is 2.77 bits per heavy atom. The molecule has 1 atom stereocenters. The molecule has 1 aliphatic heterocycles. The number of benzene rings is 2. The van der Waals surface area contributed by atoms with Crippen molar-refractivity contribution < 1.29 is 38.6 Å². The molecule has 0 bridgehead atoms. The third kappa shape index (κ3) is 7.30. The van der Waals surface area contributed by atoms with E-state index in [0.29, 0.717) is 35.1 Å². The van der Waals surface area contributed by atoms with Gasteiger partial charge in [-0.1, -0.05) is 6.07 Å². The number of aliphatic hydroxyl groups is 1. The number of carbonyl (C=O) groups excluding carboxylic acids is 1. The number of H-pyrrole nitrogens is 2. The number of aromatic carboxylic acids is 1. The number of carboxylic acids is 1. The van der Waals surface area contributed by atoms with Crippen molar-refractivity contribution in [3.8, 4) is 5.75 Å². The van der Waals surface area contributed by atoms with Crippen molar-refractivity contribution >= 4 is 53.4 Å². The summed E-state index contributed by atoms with van der Waals surface area (Å²) in [5.74, 6) is -0.389. The maximum atomic E-state index is 11.6. The van der Waals surface area contributed by atoms with Gasteiger partial charge < -0.3 is 45.2 Å². The molecule has 13 heteroatoms. The van der Waals surface area contributed by atoms with E-state index in [0.717, 1.165) is 17.8 Å². The van der Waals surface area contributed by atoms with Gasteiger partial charge in [-0.05, 0) is 67.6 Å². The van der Waals surface area contributed by atoms with E-state index in [2.05, 4.69) is 25.6 Å².